The lowest BCUT2D eigenvalue weighted by atomic mass is 10.1. The molecule has 1 heterocycles. The number of aromatic nitrogens is 3. The van der Waals surface area contributed by atoms with Gasteiger partial charge >= 0.3 is 0 Å². The average molecular weight is 213 g/mol. The SMILES string of the molecule is N#CCc1ccc(-n2nncc2CN)cc1. The van der Waals surface area contributed by atoms with Gasteiger partial charge in [-0.1, -0.05) is 17.3 Å². The van der Waals surface area contributed by atoms with E-state index in [0.717, 1.165) is 16.9 Å². The fourth-order valence-corrected chi connectivity index (χ4v) is 1.46. The zero-order valence-corrected chi connectivity index (χ0v) is 8.67. The molecule has 1 aromatic heterocycles. The largest absolute Gasteiger partial charge is 0.325 e. The monoisotopic (exact) mass is 213 g/mol. The van der Waals surface area contributed by atoms with Crippen molar-refractivity contribution in [2.45, 2.75) is 13.0 Å². The van der Waals surface area contributed by atoms with Crippen molar-refractivity contribution in [2.24, 2.45) is 5.73 Å². The van der Waals surface area contributed by atoms with E-state index in [4.69, 9.17) is 11.0 Å². The van der Waals surface area contributed by atoms with Gasteiger partial charge in [-0.2, -0.15) is 5.26 Å². The average Bonchev–Trinajstić information content (AvgIpc) is 2.78. The van der Waals surface area contributed by atoms with E-state index < -0.39 is 0 Å². The topological polar surface area (TPSA) is 80.5 Å². The molecule has 0 saturated heterocycles. The minimum absolute atomic E-state index is 0.396. The van der Waals surface area contributed by atoms with Gasteiger partial charge in [0, 0.05) is 6.54 Å². The number of hydrogen-bond donors (Lipinski definition) is 1. The van der Waals surface area contributed by atoms with Crippen molar-refractivity contribution in [3.8, 4) is 11.8 Å². The van der Waals surface area contributed by atoms with Gasteiger partial charge in [0.1, 0.15) is 0 Å². The molecule has 0 unspecified atom stereocenters. The number of hydrogen-bond acceptors (Lipinski definition) is 4. The molecule has 5 heteroatoms. The zero-order valence-electron chi connectivity index (χ0n) is 8.67. The molecular weight excluding hydrogens is 202 g/mol. The summed E-state index contributed by atoms with van der Waals surface area (Å²) in [4.78, 5) is 0. The zero-order chi connectivity index (χ0) is 11.4. The van der Waals surface area contributed by atoms with Crippen molar-refractivity contribution in [1.82, 2.24) is 15.0 Å². The third-order valence-electron chi connectivity index (χ3n) is 2.29. The summed E-state index contributed by atoms with van der Waals surface area (Å²) in [6.07, 6.45) is 2.06. The van der Waals surface area contributed by atoms with E-state index in [1.165, 1.54) is 0 Å². The van der Waals surface area contributed by atoms with E-state index in [2.05, 4.69) is 16.4 Å². The van der Waals surface area contributed by atoms with Crippen LogP contribution in [0.3, 0.4) is 0 Å². The van der Waals surface area contributed by atoms with Crippen molar-refractivity contribution in [3.63, 3.8) is 0 Å². The van der Waals surface area contributed by atoms with Crippen LogP contribution in [-0.2, 0) is 13.0 Å². The highest BCUT2D eigenvalue weighted by molar-refractivity contribution is 5.35. The molecule has 2 N–H and O–H groups in total. The Kier molecular flexibility index (Phi) is 2.94. The lowest BCUT2D eigenvalue weighted by molar-refractivity contribution is 0.761. The number of benzene rings is 1. The maximum atomic E-state index is 8.56. The highest BCUT2D eigenvalue weighted by atomic mass is 15.4. The molecule has 0 bridgehead atoms. The van der Waals surface area contributed by atoms with Crippen molar-refractivity contribution >= 4 is 0 Å². The first-order valence-electron chi connectivity index (χ1n) is 4.91. The first-order chi connectivity index (χ1) is 7.85. The highest BCUT2D eigenvalue weighted by Gasteiger charge is 2.03. The number of rotatable bonds is 3. The molecule has 2 rings (SSSR count). The van der Waals surface area contributed by atoms with Crippen LogP contribution in [0.1, 0.15) is 11.3 Å². The predicted octanol–water partition coefficient (Wildman–Crippen LogP) is 0.792. The molecule has 0 aliphatic carbocycles. The van der Waals surface area contributed by atoms with E-state index in [9.17, 15) is 0 Å². The molecule has 0 amide bonds. The fourth-order valence-electron chi connectivity index (χ4n) is 1.46. The lowest BCUT2D eigenvalue weighted by Crippen LogP contribution is -2.06. The number of nitriles is 1. The second kappa shape index (κ2) is 4.55. The standard InChI is InChI=1S/C11H11N5/c12-6-5-9-1-3-10(4-2-9)16-11(7-13)8-14-15-16/h1-4,8H,5,7,13H2. The summed E-state index contributed by atoms with van der Waals surface area (Å²) in [7, 11) is 0. The Balaban J connectivity index is 2.32. The minimum Gasteiger partial charge on any atom is -0.325 e. The smallest absolute Gasteiger partial charge is 0.0781 e. The normalized spacial score (nSPS) is 10.0. The van der Waals surface area contributed by atoms with Crippen LogP contribution in [0.4, 0.5) is 0 Å². The van der Waals surface area contributed by atoms with Gasteiger partial charge in [-0.25, -0.2) is 4.68 Å². The van der Waals surface area contributed by atoms with E-state index in [0.29, 0.717) is 13.0 Å². The second-order valence-corrected chi connectivity index (χ2v) is 3.34. The fraction of sp³-hybridized carbons (Fsp3) is 0.182. The van der Waals surface area contributed by atoms with Gasteiger partial charge in [-0.3, -0.25) is 0 Å². The van der Waals surface area contributed by atoms with Crippen LogP contribution in [0.5, 0.6) is 0 Å². The summed E-state index contributed by atoms with van der Waals surface area (Å²) < 4.78 is 1.69. The Morgan fingerprint density at radius 3 is 2.69 bits per heavy atom. The summed E-state index contributed by atoms with van der Waals surface area (Å²) in [6.45, 7) is 0.396. The summed E-state index contributed by atoms with van der Waals surface area (Å²) >= 11 is 0. The van der Waals surface area contributed by atoms with Gasteiger partial charge in [0.15, 0.2) is 0 Å². The lowest BCUT2D eigenvalue weighted by Gasteiger charge is -2.04. The van der Waals surface area contributed by atoms with Crippen LogP contribution >= 0.6 is 0 Å². The minimum atomic E-state index is 0.396. The van der Waals surface area contributed by atoms with Crippen molar-refractivity contribution in [2.75, 3.05) is 0 Å². The first kappa shape index (κ1) is 10.3. The van der Waals surface area contributed by atoms with Gasteiger partial charge in [0.2, 0.25) is 0 Å². The summed E-state index contributed by atoms with van der Waals surface area (Å²) in [5.41, 5.74) is 8.31. The van der Waals surface area contributed by atoms with Crippen LogP contribution in [0.2, 0.25) is 0 Å². The van der Waals surface area contributed by atoms with Crippen LogP contribution in [0.15, 0.2) is 30.5 Å². The maximum absolute atomic E-state index is 8.56. The molecule has 16 heavy (non-hydrogen) atoms. The van der Waals surface area contributed by atoms with E-state index in [1.54, 1.807) is 10.9 Å². The van der Waals surface area contributed by atoms with Crippen LogP contribution in [0, 0.1) is 11.3 Å². The molecular formula is C11H11N5. The molecule has 5 nitrogen and oxygen atoms in total. The summed E-state index contributed by atoms with van der Waals surface area (Å²) in [6, 6.07) is 9.72. The molecule has 0 aliphatic heterocycles. The number of nitrogens with zero attached hydrogens (tertiary/aromatic N) is 4. The van der Waals surface area contributed by atoms with Gasteiger partial charge in [-0.05, 0) is 17.7 Å². The third kappa shape index (κ3) is 1.92. The summed E-state index contributed by atoms with van der Waals surface area (Å²) in [5, 5.41) is 16.3. The molecule has 1 aromatic carbocycles. The van der Waals surface area contributed by atoms with Crippen LogP contribution in [0.25, 0.3) is 5.69 Å². The third-order valence-corrected chi connectivity index (χ3v) is 2.29. The maximum Gasteiger partial charge on any atom is 0.0781 e. The summed E-state index contributed by atoms with van der Waals surface area (Å²) in [5.74, 6) is 0. The van der Waals surface area contributed by atoms with Crippen molar-refractivity contribution < 1.29 is 0 Å². The van der Waals surface area contributed by atoms with Crippen molar-refractivity contribution in [3.05, 3.63) is 41.7 Å². The molecule has 0 spiro atoms. The molecule has 0 fully saturated rings. The van der Waals surface area contributed by atoms with Gasteiger partial charge in [-0.15, -0.1) is 5.10 Å². The molecule has 2 aromatic rings. The first-order valence-corrected chi connectivity index (χ1v) is 4.91. The second-order valence-electron chi connectivity index (χ2n) is 3.34. The van der Waals surface area contributed by atoms with Gasteiger partial charge in [0.25, 0.3) is 0 Å². The Bertz CT molecular complexity index is 506. The molecule has 0 saturated carbocycles. The van der Waals surface area contributed by atoms with Gasteiger partial charge < -0.3 is 5.73 Å². The van der Waals surface area contributed by atoms with Crippen LogP contribution < -0.4 is 5.73 Å². The number of nitrogens with two attached hydrogens (primary N) is 1. The molecule has 0 radical (unpaired) electrons. The Morgan fingerprint density at radius 2 is 2.06 bits per heavy atom. The Morgan fingerprint density at radius 1 is 1.31 bits per heavy atom. The Labute approximate surface area is 93.1 Å². The Hall–Kier alpha value is -2.19. The highest BCUT2D eigenvalue weighted by Crippen LogP contribution is 2.10. The van der Waals surface area contributed by atoms with Gasteiger partial charge in [0.05, 0.1) is 30.1 Å². The molecule has 0 aliphatic rings. The van der Waals surface area contributed by atoms with E-state index >= 15 is 0 Å². The molecule has 0 atom stereocenters. The van der Waals surface area contributed by atoms with E-state index in [-0.39, 0.29) is 0 Å². The van der Waals surface area contributed by atoms with Crippen molar-refractivity contribution in [1.29, 1.82) is 5.26 Å². The predicted molar refractivity (Wildman–Crippen MR) is 58.6 cm³/mol. The van der Waals surface area contributed by atoms with Crippen LogP contribution in [-0.4, -0.2) is 15.0 Å². The molecule has 80 valence electrons. The quantitative estimate of drug-likeness (QED) is 0.817. The van der Waals surface area contributed by atoms with E-state index in [1.807, 2.05) is 24.3 Å².